The largest absolute Gasteiger partial charge is 0.480 e. The lowest BCUT2D eigenvalue weighted by atomic mass is 10.0. The first-order chi connectivity index (χ1) is 12.9. The summed E-state index contributed by atoms with van der Waals surface area (Å²) in [5.41, 5.74) is 1.51. The van der Waals surface area contributed by atoms with Gasteiger partial charge in [0.05, 0.1) is 0 Å². The van der Waals surface area contributed by atoms with Gasteiger partial charge in [0.25, 0.3) is 0 Å². The molecule has 0 spiro atoms. The Bertz CT molecular complexity index is 1030. The Kier molecular flexibility index (Phi) is 5.30. The molecule has 3 N–H and O–H groups in total. The molecule has 0 aliphatic rings. The van der Waals surface area contributed by atoms with Gasteiger partial charge in [-0.3, -0.25) is 4.79 Å². The van der Waals surface area contributed by atoms with Gasteiger partial charge < -0.3 is 15.4 Å². The van der Waals surface area contributed by atoms with Crippen LogP contribution in [0.1, 0.15) is 11.1 Å². The summed E-state index contributed by atoms with van der Waals surface area (Å²) < 4.78 is 26.7. The lowest BCUT2D eigenvalue weighted by Crippen LogP contribution is -2.41. The van der Waals surface area contributed by atoms with Crippen LogP contribution in [-0.2, 0) is 16.0 Å². The number of carbonyl (C=O) groups excluding carboxylic acids is 1. The highest BCUT2D eigenvalue weighted by atomic mass is 19.1. The SMILES string of the molecule is O=C(/C=C/c1cc(F)ccc1F)N[C@@H](Cc1c[nH]c2ccccc12)C(=O)O. The van der Waals surface area contributed by atoms with Gasteiger partial charge in [-0.05, 0) is 35.9 Å². The molecule has 0 aliphatic carbocycles. The van der Waals surface area contributed by atoms with E-state index >= 15 is 0 Å². The van der Waals surface area contributed by atoms with Crippen LogP contribution in [-0.4, -0.2) is 28.0 Å². The number of para-hydroxylation sites is 1. The number of benzene rings is 2. The van der Waals surface area contributed by atoms with Crippen molar-refractivity contribution in [1.29, 1.82) is 0 Å². The van der Waals surface area contributed by atoms with Crippen molar-refractivity contribution in [1.82, 2.24) is 10.3 Å². The van der Waals surface area contributed by atoms with E-state index in [0.29, 0.717) is 0 Å². The van der Waals surface area contributed by atoms with Crippen molar-refractivity contribution in [2.75, 3.05) is 0 Å². The average molecular weight is 370 g/mol. The zero-order valence-electron chi connectivity index (χ0n) is 14.1. The topological polar surface area (TPSA) is 82.2 Å². The molecule has 3 rings (SSSR count). The van der Waals surface area contributed by atoms with Crippen LogP contribution in [0.4, 0.5) is 8.78 Å². The summed E-state index contributed by atoms with van der Waals surface area (Å²) in [5, 5.41) is 12.6. The number of nitrogens with one attached hydrogen (secondary N) is 2. The predicted octanol–water partition coefficient (Wildman–Crippen LogP) is 3.27. The quantitative estimate of drug-likeness (QED) is 0.583. The van der Waals surface area contributed by atoms with Crippen LogP contribution >= 0.6 is 0 Å². The Morgan fingerprint density at radius 3 is 2.74 bits per heavy atom. The normalized spacial score (nSPS) is 12.4. The van der Waals surface area contributed by atoms with Gasteiger partial charge in [0.1, 0.15) is 17.7 Å². The Hall–Kier alpha value is -3.48. The van der Waals surface area contributed by atoms with Crippen LogP contribution in [0.5, 0.6) is 0 Å². The molecule has 1 atom stereocenters. The van der Waals surface area contributed by atoms with Crippen LogP contribution in [0.2, 0.25) is 0 Å². The highest BCUT2D eigenvalue weighted by molar-refractivity contribution is 5.94. The van der Waals surface area contributed by atoms with Gasteiger partial charge in [-0.1, -0.05) is 18.2 Å². The zero-order chi connectivity index (χ0) is 19.4. The second kappa shape index (κ2) is 7.82. The Balaban J connectivity index is 1.72. The van der Waals surface area contributed by atoms with Crippen LogP contribution in [0.15, 0.2) is 54.7 Å². The van der Waals surface area contributed by atoms with Gasteiger partial charge in [0.2, 0.25) is 5.91 Å². The highest BCUT2D eigenvalue weighted by Gasteiger charge is 2.21. The van der Waals surface area contributed by atoms with Gasteiger partial charge in [-0.2, -0.15) is 0 Å². The zero-order valence-corrected chi connectivity index (χ0v) is 14.1. The maximum absolute atomic E-state index is 13.6. The van der Waals surface area contributed by atoms with Gasteiger partial charge in [0.15, 0.2) is 0 Å². The van der Waals surface area contributed by atoms with Crippen molar-refractivity contribution >= 4 is 28.9 Å². The number of amides is 1. The molecule has 7 heteroatoms. The van der Waals surface area contributed by atoms with Crippen molar-refractivity contribution in [2.45, 2.75) is 12.5 Å². The summed E-state index contributed by atoms with van der Waals surface area (Å²) in [4.78, 5) is 26.6. The summed E-state index contributed by atoms with van der Waals surface area (Å²) in [5.74, 6) is -3.24. The first-order valence-electron chi connectivity index (χ1n) is 8.15. The fraction of sp³-hybridized carbons (Fsp3) is 0.100. The maximum Gasteiger partial charge on any atom is 0.326 e. The van der Waals surface area contributed by atoms with E-state index in [1.54, 1.807) is 6.20 Å². The number of H-pyrrole nitrogens is 1. The monoisotopic (exact) mass is 370 g/mol. The minimum Gasteiger partial charge on any atom is -0.480 e. The number of hydrogen-bond acceptors (Lipinski definition) is 2. The molecule has 0 radical (unpaired) electrons. The lowest BCUT2D eigenvalue weighted by molar-refractivity contribution is -0.141. The number of aromatic nitrogens is 1. The summed E-state index contributed by atoms with van der Waals surface area (Å²) in [7, 11) is 0. The number of carboxylic acid groups (broad SMARTS) is 1. The van der Waals surface area contributed by atoms with E-state index in [0.717, 1.165) is 46.8 Å². The van der Waals surface area contributed by atoms with Crippen molar-refractivity contribution in [3.8, 4) is 0 Å². The number of rotatable bonds is 6. The molecule has 1 heterocycles. The molecular formula is C20H16F2N2O3. The van der Waals surface area contributed by atoms with Crippen molar-refractivity contribution < 1.29 is 23.5 Å². The van der Waals surface area contributed by atoms with E-state index in [9.17, 15) is 23.5 Å². The molecule has 0 saturated carbocycles. The predicted molar refractivity (Wildman–Crippen MR) is 97.0 cm³/mol. The summed E-state index contributed by atoms with van der Waals surface area (Å²) in [6, 6.07) is 9.11. The third kappa shape index (κ3) is 4.38. The number of aliphatic carboxylic acids is 1. The van der Waals surface area contributed by atoms with Crippen molar-refractivity contribution in [3.05, 3.63) is 77.5 Å². The van der Waals surface area contributed by atoms with E-state index in [2.05, 4.69) is 10.3 Å². The van der Waals surface area contributed by atoms with Gasteiger partial charge >= 0.3 is 5.97 Å². The van der Waals surface area contributed by atoms with E-state index in [4.69, 9.17) is 0 Å². The molecule has 0 unspecified atom stereocenters. The number of carboxylic acids is 1. The minimum atomic E-state index is -1.20. The first kappa shape index (κ1) is 18.3. The standard InChI is InChI=1S/C20H16F2N2O3/c21-14-6-7-16(22)12(9-14)5-8-19(25)24-18(20(26)27)10-13-11-23-17-4-2-1-3-15(13)17/h1-9,11,18,23H,10H2,(H,24,25)(H,26,27)/b8-5+/t18-/m0/s1. The molecule has 0 aliphatic heterocycles. The third-order valence-corrected chi connectivity index (χ3v) is 4.09. The molecule has 0 fully saturated rings. The molecule has 1 aromatic heterocycles. The molecule has 5 nitrogen and oxygen atoms in total. The van der Waals surface area contributed by atoms with Crippen molar-refractivity contribution in [2.24, 2.45) is 0 Å². The molecule has 138 valence electrons. The average Bonchev–Trinajstić information content (AvgIpc) is 3.05. The number of halogens is 2. The van der Waals surface area contributed by atoms with E-state index in [1.165, 1.54) is 0 Å². The second-order valence-electron chi connectivity index (χ2n) is 5.96. The van der Waals surface area contributed by atoms with Crippen LogP contribution in [0, 0.1) is 11.6 Å². The Morgan fingerprint density at radius 2 is 1.96 bits per heavy atom. The minimum absolute atomic E-state index is 0.0766. The number of hydrogen-bond donors (Lipinski definition) is 3. The van der Waals surface area contributed by atoms with E-state index in [1.807, 2.05) is 24.3 Å². The van der Waals surface area contributed by atoms with Crippen LogP contribution in [0.25, 0.3) is 17.0 Å². The fourth-order valence-electron chi connectivity index (χ4n) is 2.75. The molecule has 1 amide bonds. The molecule has 0 saturated heterocycles. The van der Waals surface area contributed by atoms with Gasteiger partial charge in [0, 0.05) is 35.2 Å². The van der Waals surface area contributed by atoms with E-state index in [-0.39, 0.29) is 12.0 Å². The van der Waals surface area contributed by atoms with Crippen LogP contribution < -0.4 is 5.32 Å². The number of carbonyl (C=O) groups is 2. The summed E-state index contributed by atoms with van der Waals surface area (Å²) >= 11 is 0. The van der Waals surface area contributed by atoms with Gasteiger partial charge in [-0.15, -0.1) is 0 Å². The Morgan fingerprint density at radius 1 is 1.19 bits per heavy atom. The molecule has 27 heavy (non-hydrogen) atoms. The maximum atomic E-state index is 13.6. The molecule has 2 aromatic carbocycles. The van der Waals surface area contributed by atoms with Crippen LogP contribution in [0.3, 0.4) is 0 Å². The highest BCUT2D eigenvalue weighted by Crippen LogP contribution is 2.19. The first-order valence-corrected chi connectivity index (χ1v) is 8.15. The third-order valence-electron chi connectivity index (χ3n) is 4.09. The molecule has 3 aromatic rings. The second-order valence-corrected chi connectivity index (χ2v) is 5.96. The number of aromatic amines is 1. The van der Waals surface area contributed by atoms with E-state index < -0.39 is 29.6 Å². The van der Waals surface area contributed by atoms with Crippen molar-refractivity contribution in [3.63, 3.8) is 0 Å². The lowest BCUT2D eigenvalue weighted by Gasteiger charge is -2.13. The summed E-state index contributed by atoms with van der Waals surface area (Å²) in [6.45, 7) is 0. The molecule has 0 bridgehead atoms. The van der Waals surface area contributed by atoms with Gasteiger partial charge in [-0.25, -0.2) is 13.6 Å². The fourth-order valence-corrected chi connectivity index (χ4v) is 2.75. The Labute approximate surface area is 153 Å². The number of fused-ring (bicyclic) bond motifs is 1. The molecular weight excluding hydrogens is 354 g/mol. The smallest absolute Gasteiger partial charge is 0.326 e. The summed E-state index contributed by atoms with van der Waals surface area (Å²) in [6.07, 6.45) is 3.85.